The van der Waals surface area contributed by atoms with Crippen molar-refractivity contribution in [2.24, 2.45) is 11.7 Å². The summed E-state index contributed by atoms with van der Waals surface area (Å²) in [6.07, 6.45) is 7.72. The van der Waals surface area contributed by atoms with E-state index in [1.165, 1.54) is 19.3 Å². The summed E-state index contributed by atoms with van der Waals surface area (Å²) in [5.74, 6) is 0.733. The monoisotopic (exact) mass is 296 g/mol. The Hall–Kier alpha value is 0.160. The van der Waals surface area contributed by atoms with Crippen molar-refractivity contribution in [2.75, 3.05) is 18.8 Å². The Morgan fingerprint density at radius 1 is 1.06 bits per heavy atom. The Morgan fingerprint density at radius 2 is 1.72 bits per heavy atom. The van der Waals surface area contributed by atoms with Gasteiger partial charge in [0, 0.05) is 19.1 Å². The molecule has 18 heavy (non-hydrogen) atoms. The smallest absolute Gasteiger partial charge is 0.214 e. The topological polar surface area (TPSA) is 63.4 Å². The Bertz CT molecular complexity index is 342. The molecule has 1 aliphatic carbocycles. The summed E-state index contributed by atoms with van der Waals surface area (Å²) in [4.78, 5) is 0. The van der Waals surface area contributed by atoms with E-state index < -0.39 is 10.0 Å². The van der Waals surface area contributed by atoms with Crippen LogP contribution in [0.25, 0.3) is 0 Å². The molecule has 0 aromatic rings. The molecule has 0 spiro atoms. The van der Waals surface area contributed by atoms with Crippen molar-refractivity contribution in [1.29, 1.82) is 0 Å². The second kappa shape index (κ2) is 7.08. The molecular formula is C12H25ClN2O2S. The Balaban J connectivity index is 0.00000162. The van der Waals surface area contributed by atoms with Gasteiger partial charge in [-0.05, 0) is 31.6 Å². The van der Waals surface area contributed by atoms with Crippen molar-refractivity contribution in [1.82, 2.24) is 4.31 Å². The number of nitrogens with two attached hydrogens (primary N) is 1. The molecule has 0 bridgehead atoms. The number of hydrogen-bond acceptors (Lipinski definition) is 3. The van der Waals surface area contributed by atoms with Gasteiger partial charge in [-0.3, -0.25) is 0 Å². The van der Waals surface area contributed by atoms with Gasteiger partial charge in [-0.15, -0.1) is 12.4 Å². The number of sulfonamides is 1. The van der Waals surface area contributed by atoms with Gasteiger partial charge in [0.05, 0.1) is 5.75 Å². The first-order chi connectivity index (χ1) is 8.13. The van der Waals surface area contributed by atoms with Crippen LogP contribution in [0.2, 0.25) is 0 Å². The van der Waals surface area contributed by atoms with Gasteiger partial charge < -0.3 is 5.73 Å². The first-order valence-electron chi connectivity index (χ1n) is 6.83. The van der Waals surface area contributed by atoms with Gasteiger partial charge in [-0.2, -0.15) is 4.31 Å². The molecule has 1 aliphatic heterocycles. The molecule has 1 saturated carbocycles. The van der Waals surface area contributed by atoms with E-state index in [-0.39, 0.29) is 18.4 Å². The maximum atomic E-state index is 12.3. The zero-order chi connectivity index (χ0) is 12.3. The third-order valence-corrected chi connectivity index (χ3v) is 6.21. The molecule has 2 aliphatic rings. The van der Waals surface area contributed by atoms with Crippen LogP contribution in [0.5, 0.6) is 0 Å². The highest BCUT2D eigenvalue weighted by atomic mass is 35.5. The quantitative estimate of drug-likeness (QED) is 0.859. The molecule has 1 saturated heterocycles. The average molecular weight is 297 g/mol. The summed E-state index contributed by atoms with van der Waals surface area (Å²) in [6.45, 7) is 1.14. The highest BCUT2D eigenvalue weighted by Gasteiger charge is 2.34. The van der Waals surface area contributed by atoms with Gasteiger partial charge in [0.15, 0.2) is 0 Å². The minimum atomic E-state index is -3.07. The van der Waals surface area contributed by atoms with Crippen LogP contribution in [0.1, 0.15) is 44.9 Å². The van der Waals surface area contributed by atoms with E-state index in [9.17, 15) is 8.42 Å². The number of rotatable bonds is 4. The summed E-state index contributed by atoms with van der Waals surface area (Å²) >= 11 is 0. The zero-order valence-corrected chi connectivity index (χ0v) is 12.5. The number of hydrogen-bond donors (Lipinski definition) is 1. The minimum Gasteiger partial charge on any atom is -0.329 e. The van der Waals surface area contributed by atoms with Crippen molar-refractivity contribution in [3.63, 3.8) is 0 Å². The standard InChI is InChI=1S/C12H24N2O2S.ClH/c13-9-12-7-4-8-14(12)17(15,16)10-11-5-2-1-3-6-11;/h11-12H,1-10,13H2;1H. The zero-order valence-electron chi connectivity index (χ0n) is 10.9. The Morgan fingerprint density at radius 3 is 2.33 bits per heavy atom. The molecule has 108 valence electrons. The molecule has 1 heterocycles. The molecule has 2 N–H and O–H groups in total. The van der Waals surface area contributed by atoms with Crippen molar-refractivity contribution in [3.05, 3.63) is 0 Å². The third kappa shape index (κ3) is 3.83. The maximum Gasteiger partial charge on any atom is 0.214 e. The molecule has 1 atom stereocenters. The van der Waals surface area contributed by atoms with E-state index in [2.05, 4.69) is 0 Å². The highest BCUT2D eigenvalue weighted by molar-refractivity contribution is 7.89. The molecule has 1 unspecified atom stereocenters. The molecule has 0 radical (unpaired) electrons. The fourth-order valence-corrected chi connectivity index (χ4v) is 5.33. The molecule has 4 nitrogen and oxygen atoms in total. The fourth-order valence-electron chi connectivity index (χ4n) is 3.16. The van der Waals surface area contributed by atoms with Crippen LogP contribution in [0.15, 0.2) is 0 Å². The predicted molar refractivity (Wildman–Crippen MR) is 76.4 cm³/mol. The average Bonchev–Trinajstić information content (AvgIpc) is 2.78. The normalized spacial score (nSPS) is 27.1. The summed E-state index contributed by atoms with van der Waals surface area (Å²) in [5.41, 5.74) is 5.65. The highest BCUT2D eigenvalue weighted by Crippen LogP contribution is 2.28. The molecule has 2 fully saturated rings. The summed E-state index contributed by atoms with van der Waals surface area (Å²) in [7, 11) is -3.07. The second-order valence-corrected chi connectivity index (χ2v) is 7.39. The summed E-state index contributed by atoms with van der Waals surface area (Å²) < 4.78 is 26.3. The van der Waals surface area contributed by atoms with E-state index in [4.69, 9.17) is 5.73 Å². The van der Waals surface area contributed by atoms with Crippen LogP contribution in [0.4, 0.5) is 0 Å². The predicted octanol–water partition coefficient (Wildman–Crippen LogP) is 1.74. The molecule has 0 aromatic carbocycles. The fraction of sp³-hybridized carbons (Fsp3) is 1.00. The van der Waals surface area contributed by atoms with E-state index in [1.807, 2.05) is 0 Å². The van der Waals surface area contributed by atoms with Crippen LogP contribution < -0.4 is 5.73 Å². The van der Waals surface area contributed by atoms with Crippen LogP contribution in [-0.4, -0.2) is 37.6 Å². The maximum absolute atomic E-state index is 12.3. The van der Waals surface area contributed by atoms with Gasteiger partial charge in [0.2, 0.25) is 10.0 Å². The van der Waals surface area contributed by atoms with E-state index in [1.54, 1.807) is 4.31 Å². The lowest BCUT2D eigenvalue weighted by atomic mass is 9.91. The van der Waals surface area contributed by atoms with Crippen molar-refractivity contribution in [3.8, 4) is 0 Å². The number of nitrogens with zero attached hydrogens (tertiary/aromatic N) is 1. The van der Waals surface area contributed by atoms with Gasteiger partial charge in [-0.1, -0.05) is 19.3 Å². The van der Waals surface area contributed by atoms with Gasteiger partial charge in [0.25, 0.3) is 0 Å². The van der Waals surface area contributed by atoms with Gasteiger partial charge in [0.1, 0.15) is 0 Å². The summed E-state index contributed by atoms with van der Waals surface area (Å²) in [6, 6.07) is 0.0589. The van der Waals surface area contributed by atoms with Crippen LogP contribution in [0.3, 0.4) is 0 Å². The first-order valence-corrected chi connectivity index (χ1v) is 8.44. The Labute approximate surface area is 117 Å². The van der Waals surface area contributed by atoms with E-state index in [0.29, 0.717) is 24.8 Å². The minimum absolute atomic E-state index is 0. The number of halogens is 1. The first kappa shape index (κ1) is 16.2. The Kier molecular flexibility index (Phi) is 6.38. The van der Waals surface area contributed by atoms with E-state index in [0.717, 1.165) is 25.7 Å². The molecule has 6 heteroatoms. The lowest BCUT2D eigenvalue weighted by Gasteiger charge is -2.27. The summed E-state index contributed by atoms with van der Waals surface area (Å²) in [5, 5.41) is 0. The molecule has 0 aromatic heterocycles. The second-order valence-electron chi connectivity index (χ2n) is 5.43. The lowest BCUT2D eigenvalue weighted by molar-refractivity contribution is 0.358. The largest absolute Gasteiger partial charge is 0.329 e. The van der Waals surface area contributed by atoms with Crippen molar-refractivity contribution >= 4 is 22.4 Å². The van der Waals surface area contributed by atoms with Crippen LogP contribution in [-0.2, 0) is 10.0 Å². The molecule has 0 amide bonds. The van der Waals surface area contributed by atoms with Crippen molar-refractivity contribution in [2.45, 2.75) is 51.0 Å². The van der Waals surface area contributed by atoms with Crippen molar-refractivity contribution < 1.29 is 8.42 Å². The van der Waals surface area contributed by atoms with Crippen LogP contribution >= 0.6 is 12.4 Å². The third-order valence-electron chi connectivity index (χ3n) is 4.12. The lowest BCUT2D eigenvalue weighted by Crippen LogP contribution is -2.42. The molecular weight excluding hydrogens is 272 g/mol. The molecule has 2 rings (SSSR count). The van der Waals surface area contributed by atoms with E-state index >= 15 is 0 Å². The van der Waals surface area contributed by atoms with Gasteiger partial charge in [-0.25, -0.2) is 8.42 Å². The SMILES string of the molecule is Cl.NCC1CCCN1S(=O)(=O)CC1CCCCC1. The van der Waals surface area contributed by atoms with Gasteiger partial charge >= 0.3 is 0 Å². The van der Waals surface area contributed by atoms with Crippen LogP contribution in [0, 0.1) is 5.92 Å².